The van der Waals surface area contributed by atoms with Gasteiger partial charge in [-0.15, -0.1) is 0 Å². The van der Waals surface area contributed by atoms with Crippen molar-refractivity contribution in [2.75, 3.05) is 20.2 Å². The maximum absolute atomic E-state index is 13.0. The Bertz CT molecular complexity index is 1120. The van der Waals surface area contributed by atoms with Gasteiger partial charge >= 0.3 is 6.09 Å². The van der Waals surface area contributed by atoms with E-state index in [4.69, 9.17) is 21.1 Å². The third-order valence-corrected chi connectivity index (χ3v) is 6.20. The summed E-state index contributed by atoms with van der Waals surface area (Å²) < 4.78 is 10.7. The lowest BCUT2D eigenvalue weighted by molar-refractivity contribution is 0.0884. The van der Waals surface area contributed by atoms with Crippen molar-refractivity contribution in [2.24, 2.45) is 5.92 Å². The van der Waals surface area contributed by atoms with Crippen molar-refractivity contribution in [3.63, 3.8) is 0 Å². The number of amides is 2. The summed E-state index contributed by atoms with van der Waals surface area (Å²) in [7, 11) is 1.48. The van der Waals surface area contributed by atoms with Crippen LogP contribution in [0.2, 0.25) is 5.02 Å². The minimum Gasteiger partial charge on any atom is -0.478 e. The number of halogens is 1. The SMILES string of the molecule is COc1ncccc1OC(=O)N1CCC([C@H](NC(=O)c2ccc(Cl)cc2)c2ccccc2)CC1. The molecule has 2 heterocycles. The minimum atomic E-state index is -0.439. The van der Waals surface area contributed by atoms with Gasteiger partial charge in [0.2, 0.25) is 0 Å². The Balaban J connectivity index is 1.43. The molecule has 1 aliphatic rings. The Hall–Kier alpha value is -3.58. The number of aromatic nitrogens is 1. The summed E-state index contributed by atoms with van der Waals surface area (Å²) in [5.74, 6) is 0.556. The van der Waals surface area contributed by atoms with Crippen LogP contribution in [-0.4, -0.2) is 42.1 Å². The van der Waals surface area contributed by atoms with Gasteiger partial charge in [-0.25, -0.2) is 9.78 Å². The summed E-state index contributed by atoms with van der Waals surface area (Å²) in [5, 5.41) is 3.78. The highest BCUT2D eigenvalue weighted by molar-refractivity contribution is 6.30. The summed E-state index contributed by atoms with van der Waals surface area (Å²) >= 11 is 5.96. The molecule has 1 aromatic heterocycles. The second kappa shape index (κ2) is 11.0. The van der Waals surface area contributed by atoms with Gasteiger partial charge in [0.05, 0.1) is 13.2 Å². The van der Waals surface area contributed by atoms with E-state index in [0.29, 0.717) is 23.7 Å². The zero-order chi connectivity index (χ0) is 23.9. The third-order valence-electron chi connectivity index (χ3n) is 5.95. The van der Waals surface area contributed by atoms with Crippen LogP contribution in [0.3, 0.4) is 0 Å². The summed E-state index contributed by atoms with van der Waals surface area (Å²) in [4.78, 5) is 31.4. The molecule has 0 unspecified atom stereocenters. The Kier molecular flexibility index (Phi) is 7.65. The molecule has 0 saturated carbocycles. The number of hydrogen-bond acceptors (Lipinski definition) is 5. The number of carbonyl (C=O) groups excluding carboxylic acids is 2. The lowest BCUT2D eigenvalue weighted by Crippen LogP contribution is -2.44. The van der Waals surface area contributed by atoms with Crippen LogP contribution in [-0.2, 0) is 0 Å². The molecule has 0 spiro atoms. The predicted molar refractivity (Wildman–Crippen MR) is 129 cm³/mol. The number of carbonyl (C=O) groups is 2. The van der Waals surface area contributed by atoms with Crippen molar-refractivity contribution in [1.82, 2.24) is 15.2 Å². The Morgan fingerprint density at radius 1 is 1.03 bits per heavy atom. The normalized spacial score (nSPS) is 14.8. The van der Waals surface area contributed by atoms with E-state index in [0.717, 1.165) is 18.4 Å². The van der Waals surface area contributed by atoms with Crippen LogP contribution < -0.4 is 14.8 Å². The molecular formula is C26H26ClN3O4. The molecule has 1 N–H and O–H groups in total. The quantitative estimate of drug-likeness (QED) is 0.530. The highest BCUT2D eigenvalue weighted by Crippen LogP contribution is 2.32. The topological polar surface area (TPSA) is 80.8 Å². The van der Waals surface area contributed by atoms with E-state index in [1.807, 2.05) is 30.3 Å². The van der Waals surface area contributed by atoms with Gasteiger partial charge in [0.25, 0.3) is 11.8 Å². The highest BCUT2D eigenvalue weighted by Gasteiger charge is 2.31. The van der Waals surface area contributed by atoms with Gasteiger partial charge in [0.1, 0.15) is 0 Å². The first-order chi connectivity index (χ1) is 16.5. The van der Waals surface area contributed by atoms with E-state index in [-0.39, 0.29) is 29.5 Å². The molecule has 0 bridgehead atoms. The monoisotopic (exact) mass is 479 g/mol. The van der Waals surface area contributed by atoms with Crippen LogP contribution >= 0.6 is 11.6 Å². The van der Waals surface area contributed by atoms with Gasteiger partial charge in [-0.3, -0.25) is 4.79 Å². The van der Waals surface area contributed by atoms with Crippen molar-refractivity contribution in [3.05, 3.63) is 89.1 Å². The first-order valence-corrected chi connectivity index (χ1v) is 11.5. The van der Waals surface area contributed by atoms with Crippen LogP contribution in [0.15, 0.2) is 72.9 Å². The average molecular weight is 480 g/mol. The predicted octanol–water partition coefficient (Wildman–Crippen LogP) is 5.13. The van der Waals surface area contributed by atoms with E-state index in [1.54, 1.807) is 47.5 Å². The van der Waals surface area contributed by atoms with E-state index in [2.05, 4.69) is 10.3 Å². The maximum Gasteiger partial charge on any atom is 0.415 e. The van der Waals surface area contributed by atoms with E-state index in [1.165, 1.54) is 7.11 Å². The molecule has 7 nitrogen and oxygen atoms in total. The van der Waals surface area contributed by atoms with Crippen molar-refractivity contribution in [1.29, 1.82) is 0 Å². The van der Waals surface area contributed by atoms with Crippen molar-refractivity contribution >= 4 is 23.6 Å². The Morgan fingerprint density at radius 2 is 1.74 bits per heavy atom. The molecule has 2 aromatic carbocycles. The van der Waals surface area contributed by atoms with E-state index >= 15 is 0 Å². The second-order valence-corrected chi connectivity index (χ2v) is 8.51. The number of pyridine rings is 1. The molecule has 1 aliphatic heterocycles. The summed E-state index contributed by atoms with van der Waals surface area (Å²) in [6.45, 7) is 1.04. The zero-order valence-corrected chi connectivity index (χ0v) is 19.6. The molecule has 1 saturated heterocycles. The van der Waals surface area contributed by atoms with Gasteiger partial charge in [-0.05, 0) is 60.7 Å². The largest absolute Gasteiger partial charge is 0.478 e. The first kappa shape index (κ1) is 23.6. The van der Waals surface area contributed by atoms with Crippen molar-refractivity contribution in [2.45, 2.75) is 18.9 Å². The van der Waals surface area contributed by atoms with Gasteiger partial charge in [-0.2, -0.15) is 0 Å². The van der Waals surface area contributed by atoms with Crippen LogP contribution in [0.4, 0.5) is 4.79 Å². The molecule has 1 atom stereocenters. The van der Waals surface area contributed by atoms with Gasteiger partial charge in [-0.1, -0.05) is 41.9 Å². The zero-order valence-electron chi connectivity index (χ0n) is 18.8. The fraction of sp³-hybridized carbons (Fsp3) is 0.269. The van der Waals surface area contributed by atoms with Crippen LogP contribution in [0.1, 0.15) is 34.8 Å². The van der Waals surface area contributed by atoms with Gasteiger partial charge in [0, 0.05) is 29.9 Å². The number of nitrogens with one attached hydrogen (secondary N) is 1. The number of likely N-dealkylation sites (tertiary alicyclic amines) is 1. The molecule has 3 aromatic rings. The lowest BCUT2D eigenvalue weighted by atomic mass is 9.85. The fourth-order valence-corrected chi connectivity index (χ4v) is 4.27. The number of benzene rings is 2. The summed E-state index contributed by atoms with van der Waals surface area (Å²) in [5.41, 5.74) is 1.59. The van der Waals surface area contributed by atoms with Gasteiger partial charge in [0.15, 0.2) is 5.75 Å². The fourth-order valence-electron chi connectivity index (χ4n) is 4.14. The summed E-state index contributed by atoms with van der Waals surface area (Å²) in [6, 6.07) is 19.9. The molecule has 4 rings (SSSR count). The molecule has 176 valence electrons. The third kappa shape index (κ3) is 5.66. The van der Waals surface area contributed by atoms with Crippen LogP contribution in [0, 0.1) is 5.92 Å². The molecule has 0 radical (unpaired) electrons. The molecule has 34 heavy (non-hydrogen) atoms. The van der Waals surface area contributed by atoms with Crippen molar-refractivity contribution in [3.8, 4) is 11.6 Å². The maximum atomic E-state index is 13.0. The number of nitrogens with zero attached hydrogens (tertiary/aromatic N) is 2. The molecule has 8 heteroatoms. The minimum absolute atomic E-state index is 0.156. The van der Waals surface area contributed by atoms with Crippen molar-refractivity contribution < 1.29 is 19.1 Å². The molecular weight excluding hydrogens is 454 g/mol. The number of hydrogen-bond donors (Lipinski definition) is 1. The Labute approximate surface area is 203 Å². The number of methoxy groups -OCH3 is 1. The molecule has 2 amide bonds. The lowest BCUT2D eigenvalue weighted by Gasteiger charge is -2.36. The summed E-state index contributed by atoms with van der Waals surface area (Å²) in [6.07, 6.45) is 2.58. The first-order valence-electron chi connectivity index (χ1n) is 11.1. The highest BCUT2D eigenvalue weighted by atomic mass is 35.5. The molecule has 1 fully saturated rings. The van der Waals surface area contributed by atoms with Crippen LogP contribution in [0.25, 0.3) is 0 Å². The molecule has 0 aliphatic carbocycles. The van der Waals surface area contributed by atoms with Gasteiger partial charge < -0.3 is 19.7 Å². The van der Waals surface area contributed by atoms with Crippen LogP contribution in [0.5, 0.6) is 11.6 Å². The number of ether oxygens (including phenoxy) is 2. The van der Waals surface area contributed by atoms with E-state index in [9.17, 15) is 9.59 Å². The van der Waals surface area contributed by atoms with E-state index < -0.39 is 6.09 Å². The standard InChI is InChI=1S/C26H26ClN3O4/c1-33-25-22(8-5-15-28-25)34-26(32)30-16-13-19(14-17-30)23(18-6-3-2-4-7-18)29-24(31)20-9-11-21(27)12-10-20/h2-12,15,19,23H,13-14,16-17H2,1H3,(H,29,31)/t23-/m1/s1. The number of piperidine rings is 1. The Morgan fingerprint density at radius 3 is 2.41 bits per heavy atom. The smallest absolute Gasteiger partial charge is 0.415 e. The average Bonchev–Trinajstić information content (AvgIpc) is 2.88. The number of rotatable bonds is 6. The second-order valence-electron chi connectivity index (χ2n) is 8.07.